The number of nitrogens with zero attached hydrogens (tertiary/aromatic N) is 1. The number of para-hydroxylation sites is 2. The summed E-state index contributed by atoms with van der Waals surface area (Å²) in [5, 5.41) is 4.45. The largest absolute Gasteiger partial charge is 0.493 e. The summed E-state index contributed by atoms with van der Waals surface area (Å²) in [6, 6.07) is 18.1. The van der Waals surface area contributed by atoms with E-state index in [-0.39, 0.29) is 11.8 Å². The molecule has 0 bridgehead atoms. The van der Waals surface area contributed by atoms with Gasteiger partial charge in [-0.05, 0) is 64.3 Å². The van der Waals surface area contributed by atoms with Crippen LogP contribution in [-0.4, -0.2) is 51.4 Å². The summed E-state index contributed by atoms with van der Waals surface area (Å²) < 4.78 is 11.2. The maximum atomic E-state index is 11.4. The Labute approximate surface area is 212 Å². The van der Waals surface area contributed by atoms with Crippen LogP contribution in [0.4, 0.5) is 0 Å². The number of methoxy groups -OCH3 is 1. The summed E-state index contributed by atoms with van der Waals surface area (Å²) in [5.74, 6) is 1.76. The van der Waals surface area contributed by atoms with Gasteiger partial charge in [0.05, 0.1) is 20.3 Å². The van der Waals surface area contributed by atoms with E-state index in [2.05, 4.69) is 24.4 Å². The van der Waals surface area contributed by atoms with Crippen molar-refractivity contribution in [2.24, 2.45) is 5.92 Å². The number of carbonyl (C=O) groups is 1. The van der Waals surface area contributed by atoms with E-state index in [0.717, 1.165) is 31.0 Å². The minimum atomic E-state index is 0.0176. The Morgan fingerprint density at radius 1 is 1.00 bits per heavy atom. The number of hydrogen-bond donors (Lipinski definition) is 1. The molecule has 35 heavy (non-hydrogen) atoms. The van der Waals surface area contributed by atoms with Crippen LogP contribution in [0.1, 0.15) is 57.9 Å². The van der Waals surface area contributed by atoms with Gasteiger partial charge in [0.1, 0.15) is 0 Å². The fourth-order valence-corrected chi connectivity index (χ4v) is 3.63. The van der Waals surface area contributed by atoms with Crippen LogP contribution < -0.4 is 14.8 Å². The minimum Gasteiger partial charge on any atom is -0.493 e. The van der Waals surface area contributed by atoms with E-state index in [0.29, 0.717) is 6.10 Å². The Morgan fingerprint density at radius 3 is 2.11 bits per heavy atom. The van der Waals surface area contributed by atoms with E-state index < -0.39 is 0 Å². The second kappa shape index (κ2) is 18.7. The first kappa shape index (κ1) is 30.5. The number of hydroxylamine groups is 2. The van der Waals surface area contributed by atoms with Gasteiger partial charge in [-0.1, -0.05) is 68.3 Å². The van der Waals surface area contributed by atoms with Gasteiger partial charge in [0.2, 0.25) is 5.91 Å². The average molecular weight is 487 g/mol. The molecular formula is C29H46N2O4. The Morgan fingerprint density at radius 2 is 1.60 bits per heavy atom. The zero-order chi connectivity index (χ0) is 25.9. The van der Waals surface area contributed by atoms with Crippen LogP contribution in [0.2, 0.25) is 0 Å². The monoisotopic (exact) mass is 486 g/mol. The van der Waals surface area contributed by atoms with Crippen LogP contribution in [0.3, 0.4) is 0 Å². The molecule has 1 amide bonds. The topological polar surface area (TPSA) is 60.0 Å². The number of aryl methyl sites for hydroxylation is 1. The van der Waals surface area contributed by atoms with Crippen molar-refractivity contribution in [3.8, 4) is 11.5 Å². The molecule has 6 nitrogen and oxygen atoms in total. The normalized spacial score (nSPS) is 13.9. The summed E-state index contributed by atoms with van der Waals surface area (Å²) >= 11 is 0. The Bertz CT molecular complexity index is 794. The van der Waals surface area contributed by atoms with Gasteiger partial charge in [0.15, 0.2) is 11.5 Å². The number of nitrogens with one attached hydrogen (secondary N) is 1. The molecule has 0 unspecified atom stereocenters. The predicted molar refractivity (Wildman–Crippen MR) is 144 cm³/mol. The molecule has 1 aliphatic carbocycles. The Balaban J connectivity index is 0.000000279. The highest BCUT2D eigenvalue weighted by atomic mass is 16.7. The molecule has 0 heterocycles. The zero-order valence-corrected chi connectivity index (χ0v) is 22.6. The third kappa shape index (κ3) is 13.2. The lowest BCUT2D eigenvalue weighted by Gasteiger charge is -2.23. The van der Waals surface area contributed by atoms with E-state index in [4.69, 9.17) is 14.3 Å². The van der Waals surface area contributed by atoms with Gasteiger partial charge in [-0.25, -0.2) is 5.06 Å². The fourth-order valence-electron chi connectivity index (χ4n) is 3.63. The van der Waals surface area contributed by atoms with Crippen molar-refractivity contribution in [3.05, 3.63) is 60.2 Å². The lowest BCUT2D eigenvalue weighted by Crippen LogP contribution is -2.32. The fraction of sp³-hybridized carbons (Fsp3) is 0.552. The molecule has 0 radical (unpaired) electrons. The molecule has 1 N–H and O–H groups in total. The van der Waals surface area contributed by atoms with Crippen molar-refractivity contribution in [1.82, 2.24) is 10.4 Å². The van der Waals surface area contributed by atoms with E-state index in [1.54, 1.807) is 14.2 Å². The molecule has 3 rings (SSSR count). The summed E-state index contributed by atoms with van der Waals surface area (Å²) in [7, 11) is 4.81. The van der Waals surface area contributed by atoms with Crippen LogP contribution in [0.25, 0.3) is 0 Å². The van der Waals surface area contributed by atoms with Gasteiger partial charge >= 0.3 is 0 Å². The van der Waals surface area contributed by atoms with Gasteiger partial charge in [-0.15, -0.1) is 0 Å². The van der Waals surface area contributed by atoms with Gasteiger partial charge in [0, 0.05) is 13.0 Å². The average Bonchev–Trinajstić information content (AvgIpc) is 2.90. The highest BCUT2D eigenvalue weighted by Gasteiger charge is 2.17. The quantitative estimate of drug-likeness (QED) is 0.346. The molecule has 0 aromatic heterocycles. The van der Waals surface area contributed by atoms with Crippen molar-refractivity contribution >= 4 is 5.91 Å². The van der Waals surface area contributed by atoms with Crippen molar-refractivity contribution in [3.63, 3.8) is 0 Å². The highest BCUT2D eigenvalue weighted by molar-refractivity contribution is 5.77. The van der Waals surface area contributed by atoms with E-state index >= 15 is 0 Å². The number of amides is 1. The lowest BCUT2D eigenvalue weighted by molar-refractivity contribution is -0.173. The van der Waals surface area contributed by atoms with Crippen molar-refractivity contribution in [2.75, 3.05) is 34.4 Å². The Kier molecular flexibility index (Phi) is 16.3. The second-order valence-electron chi connectivity index (χ2n) is 8.74. The second-order valence-corrected chi connectivity index (χ2v) is 8.74. The van der Waals surface area contributed by atoms with Crippen LogP contribution in [-0.2, 0) is 9.63 Å². The smallest absolute Gasteiger partial charge is 0.248 e. The maximum absolute atomic E-state index is 11.4. The van der Waals surface area contributed by atoms with Crippen molar-refractivity contribution < 1.29 is 19.1 Å². The van der Waals surface area contributed by atoms with E-state index in [9.17, 15) is 4.79 Å². The molecule has 0 saturated heterocycles. The van der Waals surface area contributed by atoms with Gasteiger partial charge in [-0.2, -0.15) is 0 Å². The first-order chi connectivity index (χ1) is 16.9. The SMILES string of the molecule is CCNCC[C@@H](C)C(=O)N(C)OC.COc1ccccc1OC1CCCCC1.Cc1ccccc1. The minimum absolute atomic E-state index is 0.0176. The maximum Gasteiger partial charge on any atom is 0.248 e. The molecule has 0 aliphatic heterocycles. The number of carbonyl (C=O) groups excluding carboxylic acids is 1. The van der Waals surface area contributed by atoms with Crippen LogP contribution in [0.5, 0.6) is 11.5 Å². The van der Waals surface area contributed by atoms with Gasteiger partial charge in [-0.3, -0.25) is 9.63 Å². The first-order valence-corrected chi connectivity index (χ1v) is 12.8. The summed E-state index contributed by atoms with van der Waals surface area (Å²) in [6.07, 6.45) is 7.53. The van der Waals surface area contributed by atoms with Crippen LogP contribution >= 0.6 is 0 Å². The summed E-state index contributed by atoms with van der Waals surface area (Å²) in [4.78, 5) is 16.2. The lowest BCUT2D eigenvalue weighted by atomic mass is 9.98. The molecule has 6 heteroatoms. The summed E-state index contributed by atoms with van der Waals surface area (Å²) in [6.45, 7) is 7.87. The van der Waals surface area contributed by atoms with E-state index in [1.807, 2.05) is 56.3 Å². The highest BCUT2D eigenvalue weighted by Crippen LogP contribution is 2.30. The number of ether oxygens (including phenoxy) is 2. The van der Waals surface area contributed by atoms with Gasteiger partial charge < -0.3 is 14.8 Å². The third-order valence-electron chi connectivity index (χ3n) is 5.87. The molecule has 196 valence electrons. The molecule has 1 fully saturated rings. The van der Waals surface area contributed by atoms with Crippen LogP contribution in [0, 0.1) is 12.8 Å². The molecule has 2 aromatic carbocycles. The standard InChI is InChI=1S/C13H18O2.C9H20N2O2.C7H8/c1-14-12-9-5-6-10-13(12)15-11-7-3-2-4-8-11;1-5-10-7-6-8(2)9(12)11(3)13-4;1-7-5-3-2-4-6-7/h5-6,9-11H,2-4,7-8H2,1H3;8,10H,5-7H2,1-4H3;2-6H,1H3/t;8-;/m.1./s1. The molecule has 1 saturated carbocycles. The molecule has 2 aromatic rings. The summed E-state index contributed by atoms with van der Waals surface area (Å²) in [5.41, 5.74) is 1.32. The van der Waals surface area contributed by atoms with E-state index in [1.165, 1.54) is 49.8 Å². The Hall–Kier alpha value is -2.57. The number of hydrogen-bond acceptors (Lipinski definition) is 5. The van der Waals surface area contributed by atoms with Crippen molar-refractivity contribution in [1.29, 1.82) is 0 Å². The zero-order valence-electron chi connectivity index (χ0n) is 22.6. The van der Waals surface area contributed by atoms with Crippen LogP contribution in [0.15, 0.2) is 54.6 Å². The number of benzene rings is 2. The molecular weight excluding hydrogens is 440 g/mol. The molecule has 0 spiro atoms. The third-order valence-corrected chi connectivity index (χ3v) is 5.87. The number of rotatable bonds is 9. The first-order valence-electron chi connectivity index (χ1n) is 12.8. The predicted octanol–water partition coefficient (Wildman–Crippen LogP) is 6.04. The van der Waals surface area contributed by atoms with Gasteiger partial charge in [0.25, 0.3) is 0 Å². The van der Waals surface area contributed by atoms with Crippen molar-refractivity contribution in [2.45, 2.75) is 65.4 Å². The molecule has 1 aliphatic rings. The molecule has 1 atom stereocenters.